The molecule has 1 aromatic heterocycles. The van der Waals surface area contributed by atoms with Gasteiger partial charge in [0.2, 0.25) is 21.1 Å². The highest BCUT2D eigenvalue weighted by atomic mass is 35.5. The van der Waals surface area contributed by atoms with Crippen LogP contribution in [0.3, 0.4) is 0 Å². The number of amides is 1. The highest BCUT2D eigenvalue weighted by Crippen LogP contribution is 2.30. The van der Waals surface area contributed by atoms with Gasteiger partial charge in [0.25, 0.3) is 0 Å². The zero-order chi connectivity index (χ0) is 19.3. The topological polar surface area (TPSA) is 92.3 Å². The average molecular weight is 455 g/mol. The molecule has 2 rings (SSSR count). The molecule has 0 saturated heterocycles. The lowest BCUT2D eigenvalue weighted by Crippen LogP contribution is -2.37. The second-order valence-corrected chi connectivity index (χ2v) is 10.2. The van der Waals surface area contributed by atoms with Gasteiger partial charge in [-0.3, -0.25) is 14.4 Å². The van der Waals surface area contributed by atoms with Crippen molar-refractivity contribution in [1.82, 2.24) is 10.2 Å². The summed E-state index contributed by atoms with van der Waals surface area (Å²) in [4.78, 5) is 12.3. The highest BCUT2D eigenvalue weighted by molar-refractivity contribution is 8.01. The molecule has 0 spiro atoms. The Hall–Kier alpha value is -1.07. The molecule has 1 heterocycles. The second-order valence-electron chi connectivity index (χ2n) is 5.14. The number of halogens is 2. The summed E-state index contributed by atoms with van der Waals surface area (Å²) in [6.07, 6.45) is 1.99. The quantitative estimate of drug-likeness (QED) is 0.482. The van der Waals surface area contributed by atoms with E-state index in [1.807, 2.05) is 0 Å². The number of carbonyl (C=O) groups is 1. The Kier molecular flexibility index (Phi) is 7.53. The van der Waals surface area contributed by atoms with Crippen molar-refractivity contribution in [3.8, 4) is 0 Å². The van der Waals surface area contributed by atoms with E-state index in [-0.39, 0.29) is 10.7 Å². The predicted octanol–water partition coefficient (Wildman–Crippen LogP) is 3.75. The minimum Gasteiger partial charge on any atom is -0.299 e. The van der Waals surface area contributed by atoms with Crippen LogP contribution in [0.2, 0.25) is 10.0 Å². The first-order valence-corrected chi connectivity index (χ1v) is 11.8. The fourth-order valence-corrected chi connectivity index (χ4v) is 4.98. The van der Waals surface area contributed by atoms with Gasteiger partial charge in [-0.25, -0.2) is 8.42 Å². The summed E-state index contributed by atoms with van der Waals surface area (Å²) in [6, 6.07) is 4.36. The number of anilines is 2. The molecule has 1 amide bonds. The number of sulfonamides is 1. The summed E-state index contributed by atoms with van der Waals surface area (Å²) < 4.78 is 25.9. The van der Waals surface area contributed by atoms with Crippen LogP contribution in [0.15, 0.2) is 22.5 Å². The van der Waals surface area contributed by atoms with Crippen LogP contribution in [0.1, 0.15) is 13.3 Å². The van der Waals surface area contributed by atoms with Gasteiger partial charge in [0.15, 0.2) is 4.34 Å². The Labute approximate surface area is 170 Å². The van der Waals surface area contributed by atoms with Crippen molar-refractivity contribution in [1.29, 1.82) is 0 Å². The third kappa shape index (κ3) is 5.98. The predicted molar refractivity (Wildman–Crippen MR) is 108 cm³/mol. The number of nitrogens with one attached hydrogen (secondary N) is 1. The third-order valence-electron chi connectivity index (χ3n) is 2.95. The fraction of sp³-hybridized carbons (Fsp3) is 0.357. The average Bonchev–Trinajstić information content (AvgIpc) is 2.97. The highest BCUT2D eigenvalue weighted by Gasteiger charge is 2.23. The molecule has 0 aliphatic heterocycles. The number of nitrogens with zero attached hydrogens (tertiary/aromatic N) is 3. The molecule has 0 unspecified atom stereocenters. The maximum absolute atomic E-state index is 12.3. The molecule has 0 aliphatic rings. The fourth-order valence-electron chi connectivity index (χ4n) is 1.86. The molecule has 0 atom stereocenters. The van der Waals surface area contributed by atoms with Gasteiger partial charge in [0.1, 0.15) is 6.54 Å². The van der Waals surface area contributed by atoms with Gasteiger partial charge >= 0.3 is 0 Å². The summed E-state index contributed by atoms with van der Waals surface area (Å²) in [5.41, 5.74) is 0.171. The molecule has 0 bridgehead atoms. The van der Waals surface area contributed by atoms with Gasteiger partial charge in [-0.2, -0.15) is 0 Å². The number of hydrogen-bond acceptors (Lipinski definition) is 7. The van der Waals surface area contributed by atoms with Crippen LogP contribution < -0.4 is 9.62 Å². The zero-order valence-electron chi connectivity index (χ0n) is 13.9. The van der Waals surface area contributed by atoms with Crippen LogP contribution in [-0.2, 0) is 14.8 Å². The van der Waals surface area contributed by atoms with Crippen molar-refractivity contribution in [3.05, 3.63) is 28.2 Å². The maximum atomic E-state index is 12.3. The summed E-state index contributed by atoms with van der Waals surface area (Å²) in [7, 11) is -3.74. The number of aromatic nitrogens is 2. The maximum Gasteiger partial charge on any atom is 0.246 e. The van der Waals surface area contributed by atoms with Crippen LogP contribution >= 0.6 is 46.3 Å². The lowest BCUT2D eigenvalue weighted by atomic mass is 10.3. The summed E-state index contributed by atoms with van der Waals surface area (Å²) in [6.45, 7) is 1.61. The molecule has 0 fully saturated rings. The Morgan fingerprint density at radius 2 is 2.08 bits per heavy atom. The Bertz CT molecular complexity index is 889. The SMILES string of the molecule is CCCSc1nnc(NC(=O)CN(c2ccc(Cl)cc2Cl)S(C)(=O)=O)s1. The van der Waals surface area contributed by atoms with E-state index < -0.39 is 22.5 Å². The first-order chi connectivity index (χ1) is 12.2. The largest absolute Gasteiger partial charge is 0.299 e. The zero-order valence-corrected chi connectivity index (χ0v) is 17.9. The van der Waals surface area contributed by atoms with Crippen LogP contribution in [0, 0.1) is 0 Å². The Morgan fingerprint density at radius 1 is 1.35 bits per heavy atom. The molecule has 0 saturated carbocycles. The molecule has 0 radical (unpaired) electrons. The van der Waals surface area contributed by atoms with Crippen molar-refractivity contribution < 1.29 is 13.2 Å². The molecule has 1 N–H and O–H groups in total. The van der Waals surface area contributed by atoms with Gasteiger partial charge in [-0.1, -0.05) is 53.2 Å². The number of carbonyl (C=O) groups excluding carboxylic acids is 1. The van der Waals surface area contributed by atoms with Crippen molar-refractivity contribution in [3.63, 3.8) is 0 Å². The summed E-state index contributed by atoms with van der Waals surface area (Å²) >= 11 is 14.7. The number of thioether (sulfide) groups is 1. The van der Waals surface area contributed by atoms with Crippen molar-refractivity contribution in [2.24, 2.45) is 0 Å². The molecule has 2 aromatic rings. The molecule has 26 heavy (non-hydrogen) atoms. The van der Waals surface area contributed by atoms with Crippen molar-refractivity contribution >= 4 is 73.0 Å². The lowest BCUT2D eigenvalue weighted by Gasteiger charge is -2.22. The van der Waals surface area contributed by atoms with E-state index in [1.165, 1.54) is 29.5 Å². The lowest BCUT2D eigenvalue weighted by molar-refractivity contribution is -0.114. The number of hydrogen-bond donors (Lipinski definition) is 1. The van der Waals surface area contributed by atoms with Gasteiger partial charge in [0.05, 0.1) is 17.0 Å². The van der Waals surface area contributed by atoms with Gasteiger partial charge in [-0.15, -0.1) is 10.2 Å². The van der Waals surface area contributed by atoms with E-state index in [0.29, 0.717) is 10.2 Å². The minimum atomic E-state index is -3.74. The summed E-state index contributed by atoms with van der Waals surface area (Å²) in [5, 5.41) is 11.2. The van der Waals surface area contributed by atoms with E-state index in [9.17, 15) is 13.2 Å². The minimum absolute atomic E-state index is 0.130. The molecule has 1 aromatic carbocycles. The second kappa shape index (κ2) is 9.23. The van der Waals surface area contributed by atoms with E-state index in [4.69, 9.17) is 23.2 Å². The van der Waals surface area contributed by atoms with Crippen LogP contribution in [0.5, 0.6) is 0 Å². The third-order valence-corrected chi connectivity index (χ3v) is 6.79. The van der Waals surface area contributed by atoms with Gasteiger partial charge < -0.3 is 0 Å². The van der Waals surface area contributed by atoms with Gasteiger partial charge in [-0.05, 0) is 24.6 Å². The molecule has 0 aliphatic carbocycles. The first kappa shape index (κ1) is 21.2. The molecule has 7 nitrogen and oxygen atoms in total. The smallest absolute Gasteiger partial charge is 0.246 e. The van der Waals surface area contributed by atoms with E-state index in [2.05, 4.69) is 22.4 Å². The van der Waals surface area contributed by atoms with Gasteiger partial charge in [0, 0.05) is 10.8 Å². The van der Waals surface area contributed by atoms with E-state index in [0.717, 1.165) is 27.1 Å². The molecule has 12 heteroatoms. The number of benzene rings is 1. The molecule has 142 valence electrons. The molecular weight excluding hydrogens is 439 g/mol. The first-order valence-electron chi connectivity index (χ1n) is 7.39. The summed E-state index contributed by atoms with van der Waals surface area (Å²) in [5.74, 6) is 0.351. The monoisotopic (exact) mass is 454 g/mol. The molecular formula is C14H16Cl2N4O3S3. The van der Waals surface area contributed by atoms with Crippen LogP contribution in [0.25, 0.3) is 0 Å². The van der Waals surface area contributed by atoms with Crippen molar-refractivity contribution in [2.45, 2.75) is 17.7 Å². The van der Waals surface area contributed by atoms with E-state index >= 15 is 0 Å². The van der Waals surface area contributed by atoms with Crippen LogP contribution in [-0.4, -0.2) is 43.1 Å². The van der Waals surface area contributed by atoms with E-state index in [1.54, 1.807) is 11.8 Å². The standard InChI is InChI=1S/C14H16Cl2N4O3S3/c1-3-6-24-14-19-18-13(25-14)17-12(21)8-20(26(2,22)23)11-5-4-9(15)7-10(11)16/h4-5,7H,3,6,8H2,1-2H3,(H,17,18,21). The Morgan fingerprint density at radius 3 is 2.69 bits per heavy atom. The normalized spacial score (nSPS) is 11.4. The van der Waals surface area contributed by atoms with Crippen LogP contribution in [0.4, 0.5) is 10.8 Å². The van der Waals surface area contributed by atoms with Crippen molar-refractivity contribution in [2.75, 3.05) is 28.2 Å². The Balaban J connectivity index is 2.13. The number of rotatable bonds is 8.